The Hall–Kier alpha value is -3.03. The van der Waals surface area contributed by atoms with E-state index in [1.807, 2.05) is 0 Å². The number of esters is 1. The van der Waals surface area contributed by atoms with Crippen molar-refractivity contribution in [1.29, 1.82) is 0 Å². The molecular weight excluding hydrogens is 400 g/mol. The van der Waals surface area contributed by atoms with Crippen LogP contribution in [0.4, 0.5) is 0 Å². The molecule has 4 heterocycles. The summed E-state index contributed by atoms with van der Waals surface area (Å²) in [7, 11) is 0. The molecule has 2 aromatic heterocycles. The molecule has 2 fully saturated rings. The molecule has 4 rings (SSSR count). The number of nitrogens with zero attached hydrogens (tertiary/aromatic N) is 1. The molecule has 0 saturated carbocycles. The normalized spacial score (nSPS) is 26.0. The van der Waals surface area contributed by atoms with E-state index in [0.717, 1.165) is 12.8 Å². The number of aryl methyl sites for hydroxylation is 2. The predicted octanol–water partition coefficient (Wildman–Crippen LogP) is 3.29. The highest BCUT2D eigenvalue weighted by Crippen LogP contribution is 2.51. The zero-order valence-corrected chi connectivity index (χ0v) is 18.1. The van der Waals surface area contributed by atoms with Gasteiger partial charge >= 0.3 is 5.97 Å². The zero-order chi connectivity index (χ0) is 22.2. The van der Waals surface area contributed by atoms with Gasteiger partial charge in [0.25, 0.3) is 5.91 Å². The van der Waals surface area contributed by atoms with Crippen molar-refractivity contribution in [2.75, 3.05) is 13.2 Å². The van der Waals surface area contributed by atoms with Crippen LogP contribution in [0.25, 0.3) is 0 Å². The SMILES string of the molecule is CCOC(=O)[C@H]1C[C@]2(CCCCNC2=O)N(C(=O)c2cc(C)oc2C)[C@H]1c1ccco1. The lowest BCUT2D eigenvalue weighted by atomic mass is 9.86. The maximum atomic E-state index is 13.9. The molecule has 8 heteroatoms. The Morgan fingerprint density at radius 3 is 2.77 bits per heavy atom. The summed E-state index contributed by atoms with van der Waals surface area (Å²) >= 11 is 0. The maximum absolute atomic E-state index is 13.9. The second-order valence-corrected chi connectivity index (χ2v) is 8.27. The van der Waals surface area contributed by atoms with Crippen LogP contribution in [0.15, 0.2) is 33.3 Å². The van der Waals surface area contributed by atoms with Crippen molar-refractivity contribution in [3.8, 4) is 0 Å². The van der Waals surface area contributed by atoms with Crippen LogP contribution in [-0.2, 0) is 14.3 Å². The van der Waals surface area contributed by atoms with E-state index >= 15 is 0 Å². The fourth-order valence-corrected chi connectivity index (χ4v) is 5.01. The Labute approximate surface area is 180 Å². The van der Waals surface area contributed by atoms with E-state index in [2.05, 4.69) is 5.32 Å². The fourth-order valence-electron chi connectivity index (χ4n) is 5.01. The highest BCUT2D eigenvalue weighted by Gasteiger charge is 2.61. The molecular formula is C23H28N2O6. The second-order valence-electron chi connectivity index (χ2n) is 8.27. The molecule has 8 nitrogen and oxygen atoms in total. The third-order valence-electron chi connectivity index (χ3n) is 6.32. The third kappa shape index (κ3) is 3.54. The molecule has 0 radical (unpaired) electrons. The van der Waals surface area contributed by atoms with Crippen LogP contribution in [0.1, 0.15) is 66.3 Å². The van der Waals surface area contributed by atoms with Gasteiger partial charge in [0.05, 0.1) is 24.4 Å². The van der Waals surface area contributed by atoms with Crippen molar-refractivity contribution >= 4 is 17.8 Å². The summed E-state index contributed by atoms with van der Waals surface area (Å²) in [6, 6.07) is 4.38. The number of ether oxygens (including phenoxy) is 1. The number of likely N-dealkylation sites (tertiary alicyclic amines) is 1. The van der Waals surface area contributed by atoms with Crippen molar-refractivity contribution in [3.63, 3.8) is 0 Å². The van der Waals surface area contributed by atoms with E-state index in [9.17, 15) is 14.4 Å². The molecule has 2 aliphatic rings. The lowest BCUT2D eigenvalue weighted by molar-refractivity contribution is -0.149. The highest BCUT2D eigenvalue weighted by molar-refractivity contribution is 6.01. The van der Waals surface area contributed by atoms with E-state index in [1.165, 1.54) is 6.26 Å². The van der Waals surface area contributed by atoms with Crippen LogP contribution in [0.2, 0.25) is 0 Å². The zero-order valence-electron chi connectivity index (χ0n) is 18.1. The van der Waals surface area contributed by atoms with Crippen molar-refractivity contribution in [1.82, 2.24) is 10.2 Å². The first-order chi connectivity index (χ1) is 14.9. The van der Waals surface area contributed by atoms with Crippen LogP contribution in [-0.4, -0.2) is 41.4 Å². The first-order valence-corrected chi connectivity index (χ1v) is 10.8. The number of hydrogen-bond acceptors (Lipinski definition) is 6. The fraction of sp³-hybridized carbons (Fsp3) is 0.522. The average Bonchev–Trinajstić information content (AvgIpc) is 3.41. The molecule has 1 spiro atoms. The molecule has 0 bridgehead atoms. The highest BCUT2D eigenvalue weighted by atomic mass is 16.5. The Kier molecular flexibility index (Phi) is 5.64. The van der Waals surface area contributed by atoms with Crippen molar-refractivity contribution in [3.05, 3.63) is 47.3 Å². The first-order valence-electron chi connectivity index (χ1n) is 10.8. The Bertz CT molecular complexity index is 978. The smallest absolute Gasteiger partial charge is 0.311 e. The van der Waals surface area contributed by atoms with E-state index < -0.39 is 23.5 Å². The summed E-state index contributed by atoms with van der Waals surface area (Å²) in [5.74, 6) is -0.194. The maximum Gasteiger partial charge on any atom is 0.311 e. The van der Waals surface area contributed by atoms with Crippen LogP contribution in [0, 0.1) is 19.8 Å². The minimum atomic E-state index is -1.17. The summed E-state index contributed by atoms with van der Waals surface area (Å²) < 4.78 is 16.6. The summed E-state index contributed by atoms with van der Waals surface area (Å²) in [5.41, 5.74) is -0.782. The molecule has 0 aromatic carbocycles. The van der Waals surface area contributed by atoms with Gasteiger partial charge in [-0.1, -0.05) is 0 Å². The minimum absolute atomic E-state index is 0.185. The lowest BCUT2D eigenvalue weighted by Gasteiger charge is -2.38. The molecule has 2 aliphatic heterocycles. The Morgan fingerprint density at radius 1 is 1.32 bits per heavy atom. The van der Waals surface area contributed by atoms with Crippen LogP contribution in [0.3, 0.4) is 0 Å². The van der Waals surface area contributed by atoms with Crippen molar-refractivity contribution < 1.29 is 28.0 Å². The predicted molar refractivity (Wildman–Crippen MR) is 110 cm³/mol. The molecule has 0 aliphatic carbocycles. The molecule has 166 valence electrons. The first kappa shape index (κ1) is 21.2. The molecule has 2 amide bonds. The van der Waals surface area contributed by atoms with Gasteiger partial charge in [0.2, 0.25) is 5.91 Å². The number of amides is 2. The van der Waals surface area contributed by atoms with Gasteiger partial charge in [-0.25, -0.2) is 0 Å². The molecule has 1 N–H and O–H groups in total. The van der Waals surface area contributed by atoms with Crippen LogP contribution >= 0.6 is 0 Å². The van der Waals surface area contributed by atoms with Crippen molar-refractivity contribution in [2.45, 2.75) is 58.0 Å². The molecule has 2 aromatic rings. The topological polar surface area (TPSA) is 102 Å². The van der Waals surface area contributed by atoms with Gasteiger partial charge in [-0.05, 0) is 64.7 Å². The average molecular weight is 428 g/mol. The van der Waals surface area contributed by atoms with E-state index in [-0.39, 0.29) is 24.8 Å². The number of nitrogens with one attached hydrogen (secondary N) is 1. The standard InChI is InChI=1S/C23H28N2O6/c1-4-29-21(27)17-13-23(9-5-6-10-24-22(23)28)25(19(17)18-8-7-11-30-18)20(26)16-12-14(2)31-15(16)3/h7-8,11-12,17,19H,4-6,9-10,13H2,1-3H3,(H,24,28)/t17-,19+,23-/m0/s1. The lowest BCUT2D eigenvalue weighted by Crippen LogP contribution is -2.57. The second kappa shape index (κ2) is 8.24. The van der Waals surface area contributed by atoms with Gasteiger partial charge in [0.15, 0.2) is 0 Å². The number of carbonyl (C=O) groups is 3. The van der Waals surface area contributed by atoms with Gasteiger partial charge in [0.1, 0.15) is 28.9 Å². The number of furan rings is 2. The molecule has 2 saturated heterocycles. The number of hydrogen-bond donors (Lipinski definition) is 1. The monoisotopic (exact) mass is 428 g/mol. The minimum Gasteiger partial charge on any atom is -0.467 e. The summed E-state index contributed by atoms with van der Waals surface area (Å²) in [6.07, 6.45) is 3.73. The number of carbonyl (C=O) groups excluding carboxylic acids is 3. The summed E-state index contributed by atoms with van der Waals surface area (Å²) in [5, 5.41) is 2.95. The van der Waals surface area contributed by atoms with E-state index in [1.54, 1.807) is 43.9 Å². The van der Waals surface area contributed by atoms with Gasteiger partial charge in [-0.2, -0.15) is 0 Å². The number of rotatable bonds is 4. The Balaban J connectivity index is 1.89. The summed E-state index contributed by atoms with van der Waals surface area (Å²) in [4.78, 5) is 41.9. The van der Waals surface area contributed by atoms with Crippen LogP contribution in [0.5, 0.6) is 0 Å². The van der Waals surface area contributed by atoms with Crippen LogP contribution < -0.4 is 5.32 Å². The third-order valence-corrected chi connectivity index (χ3v) is 6.32. The van der Waals surface area contributed by atoms with Gasteiger partial charge in [0, 0.05) is 6.54 Å². The summed E-state index contributed by atoms with van der Waals surface area (Å²) in [6.45, 7) is 5.99. The van der Waals surface area contributed by atoms with Gasteiger partial charge in [-0.15, -0.1) is 0 Å². The van der Waals surface area contributed by atoms with E-state index in [4.69, 9.17) is 13.6 Å². The van der Waals surface area contributed by atoms with E-state index in [0.29, 0.717) is 35.8 Å². The van der Waals surface area contributed by atoms with Gasteiger partial charge in [-0.3, -0.25) is 14.4 Å². The largest absolute Gasteiger partial charge is 0.467 e. The molecule has 31 heavy (non-hydrogen) atoms. The quantitative estimate of drug-likeness (QED) is 0.750. The molecule has 0 unspecified atom stereocenters. The van der Waals surface area contributed by atoms with Crippen molar-refractivity contribution in [2.24, 2.45) is 5.92 Å². The Morgan fingerprint density at radius 2 is 2.13 bits per heavy atom. The van der Waals surface area contributed by atoms with Gasteiger partial charge < -0.3 is 23.8 Å². The molecule has 3 atom stereocenters.